The van der Waals surface area contributed by atoms with E-state index in [0.717, 1.165) is 6.54 Å². The SMILES string of the molecule is Cc1ccc(C)c(CNn2c(C)ccc2C)c1. The highest BCUT2D eigenvalue weighted by Crippen LogP contribution is 2.12. The zero-order valence-electron chi connectivity index (χ0n) is 11.0. The van der Waals surface area contributed by atoms with Gasteiger partial charge in [0.15, 0.2) is 0 Å². The standard InChI is InChI=1S/C15H20N2/c1-11-5-6-12(2)15(9-11)10-16-17-13(3)7-8-14(17)4/h5-9,16H,10H2,1-4H3. The molecule has 1 heterocycles. The number of nitrogens with zero attached hydrogens (tertiary/aromatic N) is 1. The molecule has 17 heavy (non-hydrogen) atoms. The third kappa shape index (κ3) is 2.52. The predicted octanol–water partition coefficient (Wildman–Crippen LogP) is 3.47. The molecular weight excluding hydrogens is 208 g/mol. The summed E-state index contributed by atoms with van der Waals surface area (Å²) in [6.45, 7) is 9.39. The van der Waals surface area contributed by atoms with E-state index in [9.17, 15) is 0 Å². The normalized spacial score (nSPS) is 10.6. The molecule has 2 heteroatoms. The fourth-order valence-electron chi connectivity index (χ4n) is 2.07. The van der Waals surface area contributed by atoms with Crippen LogP contribution in [0.4, 0.5) is 0 Å². The number of hydrogen-bond acceptors (Lipinski definition) is 1. The van der Waals surface area contributed by atoms with Gasteiger partial charge in [0, 0.05) is 11.4 Å². The largest absolute Gasteiger partial charge is 0.322 e. The Labute approximate surface area is 103 Å². The Hall–Kier alpha value is -1.70. The minimum absolute atomic E-state index is 0.865. The number of rotatable bonds is 3. The predicted molar refractivity (Wildman–Crippen MR) is 72.9 cm³/mol. The molecule has 2 aromatic rings. The van der Waals surface area contributed by atoms with Crippen molar-refractivity contribution in [3.05, 3.63) is 58.4 Å². The lowest BCUT2D eigenvalue weighted by Gasteiger charge is -2.14. The molecule has 1 aromatic carbocycles. The van der Waals surface area contributed by atoms with Crippen molar-refractivity contribution in [1.29, 1.82) is 0 Å². The van der Waals surface area contributed by atoms with Gasteiger partial charge in [-0.2, -0.15) is 0 Å². The topological polar surface area (TPSA) is 17.0 Å². The highest BCUT2D eigenvalue weighted by Gasteiger charge is 2.02. The van der Waals surface area contributed by atoms with Gasteiger partial charge in [-0.05, 0) is 51.0 Å². The first kappa shape index (κ1) is 11.8. The van der Waals surface area contributed by atoms with E-state index in [1.165, 1.54) is 28.1 Å². The molecule has 0 saturated carbocycles. The Balaban J connectivity index is 2.15. The summed E-state index contributed by atoms with van der Waals surface area (Å²) in [6, 6.07) is 10.8. The molecule has 0 spiro atoms. The van der Waals surface area contributed by atoms with Gasteiger partial charge in [-0.15, -0.1) is 0 Å². The third-order valence-corrected chi connectivity index (χ3v) is 3.20. The summed E-state index contributed by atoms with van der Waals surface area (Å²) in [6.07, 6.45) is 0. The van der Waals surface area contributed by atoms with Crippen LogP contribution in [-0.4, -0.2) is 4.68 Å². The fraction of sp³-hybridized carbons (Fsp3) is 0.333. The molecular formula is C15H20N2. The average Bonchev–Trinajstić information content (AvgIpc) is 2.61. The quantitative estimate of drug-likeness (QED) is 0.851. The monoisotopic (exact) mass is 228 g/mol. The number of aryl methyl sites for hydroxylation is 4. The summed E-state index contributed by atoms with van der Waals surface area (Å²) in [5, 5.41) is 0. The van der Waals surface area contributed by atoms with Crippen LogP contribution in [0.5, 0.6) is 0 Å². The molecule has 2 nitrogen and oxygen atoms in total. The zero-order valence-corrected chi connectivity index (χ0v) is 11.0. The van der Waals surface area contributed by atoms with Crippen LogP contribution in [0, 0.1) is 27.7 Å². The highest BCUT2D eigenvalue weighted by molar-refractivity contribution is 5.31. The van der Waals surface area contributed by atoms with E-state index >= 15 is 0 Å². The van der Waals surface area contributed by atoms with E-state index in [4.69, 9.17) is 0 Å². The molecule has 0 saturated heterocycles. The van der Waals surface area contributed by atoms with Crippen LogP contribution in [0.2, 0.25) is 0 Å². The minimum atomic E-state index is 0.865. The Morgan fingerprint density at radius 1 is 0.941 bits per heavy atom. The number of hydrogen-bond donors (Lipinski definition) is 1. The van der Waals surface area contributed by atoms with E-state index in [0.29, 0.717) is 0 Å². The Morgan fingerprint density at radius 2 is 1.59 bits per heavy atom. The van der Waals surface area contributed by atoms with Gasteiger partial charge < -0.3 is 5.43 Å². The maximum atomic E-state index is 3.46. The van der Waals surface area contributed by atoms with Gasteiger partial charge in [0.25, 0.3) is 0 Å². The zero-order chi connectivity index (χ0) is 12.4. The summed E-state index contributed by atoms with van der Waals surface area (Å²) in [5.74, 6) is 0. The smallest absolute Gasteiger partial charge is 0.0567 e. The summed E-state index contributed by atoms with van der Waals surface area (Å²) < 4.78 is 2.14. The van der Waals surface area contributed by atoms with E-state index in [2.05, 4.69) is 68.1 Å². The Kier molecular flexibility index (Phi) is 3.23. The fourth-order valence-corrected chi connectivity index (χ4v) is 2.07. The molecule has 0 fully saturated rings. The van der Waals surface area contributed by atoms with Crippen molar-refractivity contribution in [2.75, 3.05) is 5.43 Å². The molecule has 2 rings (SSSR count). The van der Waals surface area contributed by atoms with Crippen molar-refractivity contribution in [1.82, 2.24) is 4.68 Å². The molecule has 1 N–H and O–H groups in total. The lowest BCUT2D eigenvalue weighted by atomic mass is 10.1. The van der Waals surface area contributed by atoms with Crippen LogP contribution in [0.1, 0.15) is 28.1 Å². The van der Waals surface area contributed by atoms with Gasteiger partial charge in [-0.3, -0.25) is 4.68 Å². The van der Waals surface area contributed by atoms with Crippen molar-refractivity contribution >= 4 is 0 Å². The summed E-state index contributed by atoms with van der Waals surface area (Å²) in [4.78, 5) is 0. The van der Waals surface area contributed by atoms with Crippen molar-refractivity contribution in [2.45, 2.75) is 34.2 Å². The van der Waals surface area contributed by atoms with Crippen molar-refractivity contribution in [2.24, 2.45) is 0 Å². The molecule has 1 aromatic heterocycles. The molecule has 0 amide bonds. The molecule has 0 bridgehead atoms. The van der Waals surface area contributed by atoms with E-state index in [1.807, 2.05) is 0 Å². The lowest BCUT2D eigenvalue weighted by Crippen LogP contribution is -2.17. The second-order valence-electron chi connectivity index (χ2n) is 4.72. The maximum Gasteiger partial charge on any atom is 0.0567 e. The first-order valence-corrected chi connectivity index (χ1v) is 6.03. The molecule has 0 aliphatic heterocycles. The molecule has 0 aliphatic rings. The first-order valence-electron chi connectivity index (χ1n) is 6.03. The molecule has 0 atom stereocenters. The van der Waals surface area contributed by atoms with Crippen LogP contribution < -0.4 is 5.43 Å². The van der Waals surface area contributed by atoms with E-state index in [1.54, 1.807) is 0 Å². The lowest BCUT2D eigenvalue weighted by molar-refractivity contribution is 0.789. The van der Waals surface area contributed by atoms with E-state index in [-0.39, 0.29) is 0 Å². The summed E-state index contributed by atoms with van der Waals surface area (Å²) in [5.41, 5.74) is 9.96. The molecule has 0 aliphatic carbocycles. The average molecular weight is 228 g/mol. The number of aromatic nitrogens is 1. The van der Waals surface area contributed by atoms with Gasteiger partial charge >= 0.3 is 0 Å². The van der Waals surface area contributed by atoms with Crippen molar-refractivity contribution in [3.63, 3.8) is 0 Å². The van der Waals surface area contributed by atoms with Gasteiger partial charge in [-0.25, -0.2) is 0 Å². The Morgan fingerprint density at radius 3 is 2.24 bits per heavy atom. The van der Waals surface area contributed by atoms with Crippen LogP contribution in [0.3, 0.4) is 0 Å². The molecule has 0 radical (unpaired) electrons. The van der Waals surface area contributed by atoms with Crippen LogP contribution in [0.25, 0.3) is 0 Å². The van der Waals surface area contributed by atoms with Crippen molar-refractivity contribution in [3.8, 4) is 0 Å². The van der Waals surface area contributed by atoms with Gasteiger partial charge in [0.2, 0.25) is 0 Å². The van der Waals surface area contributed by atoms with Crippen molar-refractivity contribution < 1.29 is 0 Å². The summed E-state index contributed by atoms with van der Waals surface area (Å²) >= 11 is 0. The number of benzene rings is 1. The van der Waals surface area contributed by atoms with E-state index < -0.39 is 0 Å². The van der Waals surface area contributed by atoms with Crippen LogP contribution in [0.15, 0.2) is 30.3 Å². The van der Waals surface area contributed by atoms with Gasteiger partial charge in [0.05, 0.1) is 6.54 Å². The maximum absolute atomic E-state index is 3.46. The second-order valence-corrected chi connectivity index (χ2v) is 4.72. The summed E-state index contributed by atoms with van der Waals surface area (Å²) in [7, 11) is 0. The number of nitrogens with one attached hydrogen (secondary N) is 1. The second kappa shape index (κ2) is 4.66. The van der Waals surface area contributed by atoms with Gasteiger partial charge in [-0.1, -0.05) is 23.8 Å². The van der Waals surface area contributed by atoms with Crippen LogP contribution >= 0.6 is 0 Å². The van der Waals surface area contributed by atoms with Crippen LogP contribution in [-0.2, 0) is 6.54 Å². The highest BCUT2D eigenvalue weighted by atomic mass is 15.4. The first-order chi connectivity index (χ1) is 8.08. The van der Waals surface area contributed by atoms with Gasteiger partial charge in [0.1, 0.15) is 0 Å². The molecule has 90 valence electrons. The molecule has 0 unspecified atom stereocenters. The Bertz CT molecular complexity index is 504. The third-order valence-electron chi connectivity index (χ3n) is 3.20. The minimum Gasteiger partial charge on any atom is -0.322 e.